The number of nitrogens with one attached hydrogen (secondary N) is 1. The number of hydrogen-bond acceptors (Lipinski definition) is 9. The van der Waals surface area contributed by atoms with Crippen LogP contribution in [0.25, 0.3) is 17.1 Å². The van der Waals surface area contributed by atoms with E-state index in [0.717, 1.165) is 22.6 Å². The molecule has 0 radical (unpaired) electrons. The van der Waals surface area contributed by atoms with Crippen LogP contribution in [0, 0.1) is 0 Å². The molecular formula is C27H26N6O4S. The van der Waals surface area contributed by atoms with Gasteiger partial charge in [0.25, 0.3) is 5.91 Å². The van der Waals surface area contributed by atoms with E-state index in [4.69, 9.17) is 9.47 Å². The molecule has 1 amide bonds. The van der Waals surface area contributed by atoms with Crippen LogP contribution in [0.5, 0.6) is 11.5 Å². The third-order valence-corrected chi connectivity index (χ3v) is 6.10. The zero-order valence-corrected chi connectivity index (χ0v) is 21.9. The van der Waals surface area contributed by atoms with Gasteiger partial charge in [0.1, 0.15) is 11.5 Å². The fraction of sp³-hybridized carbons (Fsp3) is 0.185. The van der Waals surface area contributed by atoms with Crippen molar-refractivity contribution >= 4 is 29.4 Å². The summed E-state index contributed by atoms with van der Waals surface area (Å²) in [6, 6.07) is 18.2. The number of carbonyl (C=O) groups excluding carboxylic acids is 2. The third kappa shape index (κ3) is 6.83. The maximum absolute atomic E-state index is 12.6. The summed E-state index contributed by atoms with van der Waals surface area (Å²) >= 11 is 1.24. The smallest absolute Gasteiger partial charge is 0.308 e. The van der Waals surface area contributed by atoms with Crippen molar-refractivity contribution in [3.63, 3.8) is 0 Å². The lowest BCUT2D eigenvalue weighted by molar-refractivity contribution is -0.131. The van der Waals surface area contributed by atoms with E-state index in [0.29, 0.717) is 29.0 Å². The Balaban J connectivity index is 1.47. The molecule has 2 aromatic carbocycles. The summed E-state index contributed by atoms with van der Waals surface area (Å²) < 4.78 is 12.5. The number of hydrogen-bond donors (Lipinski definition) is 1. The zero-order chi connectivity index (χ0) is 26.9. The maximum Gasteiger partial charge on any atom is 0.308 e. The summed E-state index contributed by atoms with van der Waals surface area (Å²) in [5.74, 6) is 1.20. The van der Waals surface area contributed by atoms with E-state index < -0.39 is 0 Å². The van der Waals surface area contributed by atoms with E-state index in [1.54, 1.807) is 43.6 Å². The van der Waals surface area contributed by atoms with Crippen LogP contribution < -0.4 is 14.9 Å². The van der Waals surface area contributed by atoms with Crippen LogP contribution in [0.1, 0.15) is 26.3 Å². The average Bonchev–Trinajstić information content (AvgIpc) is 3.36. The van der Waals surface area contributed by atoms with E-state index in [2.05, 4.69) is 25.7 Å². The lowest BCUT2D eigenvalue weighted by Crippen LogP contribution is -2.21. The molecule has 194 valence electrons. The van der Waals surface area contributed by atoms with Gasteiger partial charge in [-0.3, -0.25) is 19.1 Å². The Bertz CT molecular complexity index is 1420. The molecule has 0 aliphatic heterocycles. The first-order valence-electron chi connectivity index (χ1n) is 11.8. The first-order valence-corrected chi connectivity index (χ1v) is 12.8. The van der Waals surface area contributed by atoms with Gasteiger partial charge in [-0.05, 0) is 80.1 Å². The van der Waals surface area contributed by atoms with Crippen molar-refractivity contribution in [2.45, 2.75) is 25.9 Å². The molecule has 2 aromatic heterocycles. The summed E-state index contributed by atoms with van der Waals surface area (Å²) in [4.78, 5) is 27.9. The largest absolute Gasteiger partial charge is 0.494 e. The summed E-state index contributed by atoms with van der Waals surface area (Å²) in [6.07, 6.45) is 3.41. The highest BCUT2D eigenvalue weighted by Gasteiger charge is 2.17. The molecule has 0 atom stereocenters. The average molecular weight is 531 g/mol. The van der Waals surface area contributed by atoms with Crippen LogP contribution in [-0.2, 0) is 9.59 Å². The highest BCUT2D eigenvalue weighted by molar-refractivity contribution is 7.99. The van der Waals surface area contributed by atoms with E-state index in [9.17, 15) is 9.59 Å². The molecule has 0 aliphatic rings. The minimum Gasteiger partial charge on any atom is -0.494 e. The molecule has 10 nitrogen and oxygen atoms in total. The van der Waals surface area contributed by atoms with Gasteiger partial charge < -0.3 is 9.47 Å². The Morgan fingerprint density at radius 1 is 1.00 bits per heavy atom. The van der Waals surface area contributed by atoms with Gasteiger partial charge in [0.05, 0.1) is 18.1 Å². The molecule has 0 saturated heterocycles. The van der Waals surface area contributed by atoms with Crippen LogP contribution in [0.3, 0.4) is 0 Å². The van der Waals surface area contributed by atoms with Gasteiger partial charge >= 0.3 is 5.97 Å². The van der Waals surface area contributed by atoms with Crippen molar-refractivity contribution < 1.29 is 19.1 Å². The normalized spacial score (nSPS) is 11.2. The van der Waals surface area contributed by atoms with E-state index >= 15 is 0 Å². The number of pyridine rings is 1. The Labute approximate surface area is 224 Å². The van der Waals surface area contributed by atoms with Crippen LogP contribution in [0.4, 0.5) is 0 Å². The number of ether oxygens (including phenoxy) is 2. The molecule has 4 aromatic rings. The number of rotatable bonds is 10. The quantitative estimate of drug-likeness (QED) is 0.106. The second-order valence-corrected chi connectivity index (χ2v) is 8.89. The fourth-order valence-corrected chi connectivity index (χ4v) is 4.18. The van der Waals surface area contributed by atoms with Gasteiger partial charge in [0, 0.05) is 30.6 Å². The molecule has 1 N–H and O–H groups in total. The van der Waals surface area contributed by atoms with E-state index in [1.807, 2.05) is 47.9 Å². The zero-order valence-electron chi connectivity index (χ0n) is 21.1. The Kier molecular flexibility index (Phi) is 8.83. The molecule has 0 fully saturated rings. The minimum absolute atomic E-state index is 0.0738. The lowest BCUT2D eigenvalue weighted by atomic mass is 10.1. The number of benzene rings is 2. The summed E-state index contributed by atoms with van der Waals surface area (Å²) in [5, 5.41) is 13.4. The van der Waals surface area contributed by atoms with E-state index in [-0.39, 0.29) is 17.6 Å². The van der Waals surface area contributed by atoms with Gasteiger partial charge in [-0.1, -0.05) is 11.8 Å². The lowest BCUT2D eigenvalue weighted by Gasteiger charge is -2.11. The third-order valence-electron chi connectivity index (χ3n) is 5.17. The molecule has 11 heteroatoms. The van der Waals surface area contributed by atoms with Crippen molar-refractivity contribution in [3.8, 4) is 28.6 Å². The van der Waals surface area contributed by atoms with Gasteiger partial charge in [0.2, 0.25) is 0 Å². The van der Waals surface area contributed by atoms with Crippen LogP contribution in [0.15, 0.2) is 83.3 Å². The number of esters is 1. The Morgan fingerprint density at radius 2 is 1.74 bits per heavy atom. The van der Waals surface area contributed by atoms with Crippen molar-refractivity contribution in [2.75, 3.05) is 12.4 Å². The number of hydrazone groups is 1. The van der Waals surface area contributed by atoms with Crippen molar-refractivity contribution in [3.05, 3.63) is 78.6 Å². The molecule has 0 aliphatic carbocycles. The fourth-order valence-electron chi connectivity index (χ4n) is 3.44. The number of aromatic nitrogens is 4. The molecule has 2 heterocycles. The number of thioether (sulfide) groups is 1. The topological polar surface area (TPSA) is 121 Å². The second-order valence-electron chi connectivity index (χ2n) is 7.95. The molecule has 38 heavy (non-hydrogen) atoms. The molecule has 0 spiro atoms. The van der Waals surface area contributed by atoms with Gasteiger partial charge in [-0.15, -0.1) is 10.2 Å². The van der Waals surface area contributed by atoms with Crippen molar-refractivity contribution in [1.82, 2.24) is 25.2 Å². The summed E-state index contributed by atoms with van der Waals surface area (Å²) in [6.45, 7) is 5.62. The first kappa shape index (κ1) is 26.6. The second kappa shape index (κ2) is 12.6. The number of amides is 1. The molecular weight excluding hydrogens is 504 g/mol. The standard InChI is InChI=1S/C27H26N6O4S/c1-4-36-23-13-9-22(10-14-23)33-26(21-6-5-15-28-16-21)31-32-27(33)38-17-25(35)30-29-18(2)20-7-11-24(12-8-20)37-19(3)34/h5-16H,4,17H2,1-3H3,(H,30,35). The van der Waals surface area contributed by atoms with E-state index in [1.165, 1.54) is 18.7 Å². The molecule has 0 bridgehead atoms. The highest BCUT2D eigenvalue weighted by atomic mass is 32.2. The molecule has 0 saturated carbocycles. The minimum atomic E-state index is -0.390. The molecule has 0 unspecified atom stereocenters. The van der Waals surface area contributed by atoms with Crippen LogP contribution >= 0.6 is 11.8 Å². The van der Waals surface area contributed by atoms with Crippen molar-refractivity contribution in [1.29, 1.82) is 0 Å². The predicted octanol–water partition coefficient (Wildman–Crippen LogP) is 4.29. The van der Waals surface area contributed by atoms with Crippen molar-refractivity contribution in [2.24, 2.45) is 5.10 Å². The maximum atomic E-state index is 12.6. The summed E-state index contributed by atoms with van der Waals surface area (Å²) in [7, 11) is 0. The summed E-state index contributed by atoms with van der Waals surface area (Å²) in [5.41, 5.74) is 5.59. The highest BCUT2D eigenvalue weighted by Crippen LogP contribution is 2.28. The first-order chi connectivity index (χ1) is 18.4. The molecule has 4 rings (SSSR count). The predicted molar refractivity (Wildman–Crippen MR) is 145 cm³/mol. The van der Waals surface area contributed by atoms with Gasteiger partial charge in [-0.2, -0.15) is 5.10 Å². The number of carbonyl (C=O) groups is 2. The van der Waals surface area contributed by atoms with Crippen LogP contribution in [0.2, 0.25) is 0 Å². The number of nitrogens with zero attached hydrogens (tertiary/aromatic N) is 5. The monoisotopic (exact) mass is 530 g/mol. The van der Waals surface area contributed by atoms with Gasteiger partial charge in [0.15, 0.2) is 11.0 Å². The Morgan fingerprint density at radius 3 is 2.39 bits per heavy atom. The van der Waals surface area contributed by atoms with Crippen LogP contribution in [-0.4, -0.2) is 49.7 Å². The SMILES string of the molecule is CCOc1ccc(-n2c(SCC(=O)NN=C(C)c3ccc(OC(C)=O)cc3)nnc2-c2cccnc2)cc1. The van der Waals surface area contributed by atoms with Gasteiger partial charge in [-0.25, -0.2) is 5.43 Å². The Hall–Kier alpha value is -4.51.